The molecule has 0 radical (unpaired) electrons. The first-order valence-corrected chi connectivity index (χ1v) is 4.82. The van der Waals surface area contributed by atoms with E-state index >= 15 is 0 Å². The molecule has 2 atom stereocenters. The van der Waals surface area contributed by atoms with Gasteiger partial charge in [0.2, 0.25) is 0 Å². The van der Waals surface area contributed by atoms with Crippen LogP contribution in [0.15, 0.2) is 12.7 Å². The van der Waals surface area contributed by atoms with E-state index in [1.54, 1.807) is 6.92 Å². The highest BCUT2D eigenvalue weighted by atomic mass is 79.9. The van der Waals surface area contributed by atoms with E-state index in [9.17, 15) is 9.90 Å². The Morgan fingerprint density at radius 2 is 2.42 bits per heavy atom. The molecule has 4 heteroatoms. The molecular formula is C8H13BrO3. The fourth-order valence-corrected chi connectivity index (χ4v) is 1.15. The summed E-state index contributed by atoms with van der Waals surface area (Å²) in [5.74, 6) is -1.07. The number of carbonyl (C=O) groups excluding carboxylic acids is 1. The molecule has 0 spiro atoms. The lowest BCUT2D eigenvalue weighted by Gasteiger charge is -2.15. The number of halogens is 1. The largest absolute Gasteiger partial charge is 0.465 e. The van der Waals surface area contributed by atoms with Crippen molar-refractivity contribution in [1.29, 1.82) is 0 Å². The van der Waals surface area contributed by atoms with E-state index in [1.807, 2.05) is 0 Å². The van der Waals surface area contributed by atoms with Gasteiger partial charge in [0.1, 0.15) is 5.92 Å². The van der Waals surface area contributed by atoms with E-state index < -0.39 is 18.0 Å². The molecule has 0 aromatic rings. The molecule has 0 aromatic heterocycles. The van der Waals surface area contributed by atoms with Crippen molar-refractivity contribution in [1.82, 2.24) is 0 Å². The predicted molar refractivity (Wildman–Crippen MR) is 50.1 cm³/mol. The highest BCUT2D eigenvalue weighted by molar-refractivity contribution is 9.09. The van der Waals surface area contributed by atoms with Crippen LogP contribution in [0.5, 0.6) is 0 Å². The van der Waals surface area contributed by atoms with Crippen LogP contribution in [-0.2, 0) is 9.53 Å². The summed E-state index contributed by atoms with van der Waals surface area (Å²) >= 11 is 3.07. The molecular weight excluding hydrogens is 224 g/mol. The van der Waals surface area contributed by atoms with Gasteiger partial charge in [-0.3, -0.25) is 4.79 Å². The van der Waals surface area contributed by atoms with E-state index in [0.29, 0.717) is 11.9 Å². The van der Waals surface area contributed by atoms with Gasteiger partial charge in [0.25, 0.3) is 0 Å². The van der Waals surface area contributed by atoms with Gasteiger partial charge < -0.3 is 9.84 Å². The first kappa shape index (κ1) is 11.6. The van der Waals surface area contributed by atoms with Crippen LogP contribution in [0, 0.1) is 5.92 Å². The Morgan fingerprint density at radius 1 is 1.83 bits per heavy atom. The molecule has 0 saturated carbocycles. The Labute approximate surface area is 80.5 Å². The molecule has 0 heterocycles. The number of esters is 1. The average Bonchev–Trinajstić information content (AvgIpc) is 2.06. The molecule has 0 aromatic carbocycles. The monoisotopic (exact) mass is 236 g/mol. The molecule has 1 N–H and O–H groups in total. The van der Waals surface area contributed by atoms with Gasteiger partial charge in [0, 0.05) is 5.33 Å². The van der Waals surface area contributed by atoms with Gasteiger partial charge in [0.05, 0.1) is 12.7 Å². The van der Waals surface area contributed by atoms with Crippen molar-refractivity contribution in [3.63, 3.8) is 0 Å². The van der Waals surface area contributed by atoms with Crippen LogP contribution in [0.3, 0.4) is 0 Å². The maximum absolute atomic E-state index is 11.1. The number of hydrogen-bond acceptors (Lipinski definition) is 3. The number of aliphatic hydroxyl groups excluding tert-OH is 1. The predicted octanol–water partition coefficient (Wildman–Crippen LogP) is 1.11. The highest BCUT2D eigenvalue weighted by Crippen LogP contribution is 2.09. The van der Waals surface area contributed by atoms with Gasteiger partial charge in [-0.2, -0.15) is 0 Å². The molecule has 0 aliphatic carbocycles. The SMILES string of the molecule is C=C[C@@H](C(=O)OCC)[C@@H](O)CBr. The third-order valence-corrected chi connectivity index (χ3v) is 2.05. The maximum atomic E-state index is 11.1. The van der Waals surface area contributed by atoms with Crippen molar-refractivity contribution >= 4 is 21.9 Å². The van der Waals surface area contributed by atoms with Gasteiger partial charge in [0.15, 0.2) is 0 Å². The standard InChI is InChI=1S/C8H13BrO3/c1-3-6(7(10)5-9)8(11)12-4-2/h3,6-7,10H,1,4-5H2,2H3/t6-,7+/m1/s1. The average molecular weight is 237 g/mol. The second kappa shape index (κ2) is 6.20. The lowest BCUT2D eigenvalue weighted by molar-refractivity contribution is -0.149. The van der Waals surface area contributed by atoms with Crippen molar-refractivity contribution in [2.45, 2.75) is 13.0 Å². The summed E-state index contributed by atoms with van der Waals surface area (Å²) in [6.45, 7) is 5.49. The molecule has 3 nitrogen and oxygen atoms in total. The molecule has 0 saturated heterocycles. The zero-order chi connectivity index (χ0) is 9.56. The van der Waals surface area contributed by atoms with Gasteiger partial charge in [-0.1, -0.05) is 22.0 Å². The number of rotatable bonds is 5. The van der Waals surface area contributed by atoms with Crippen molar-refractivity contribution in [2.75, 3.05) is 11.9 Å². The molecule has 0 bridgehead atoms. The Bertz CT molecular complexity index is 158. The lowest BCUT2D eigenvalue weighted by Crippen LogP contribution is -2.29. The molecule has 0 amide bonds. The third kappa shape index (κ3) is 3.36. The van der Waals surface area contributed by atoms with Crippen molar-refractivity contribution in [3.05, 3.63) is 12.7 Å². The molecule has 0 rings (SSSR count). The van der Waals surface area contributed by atoms with E-state index in [2.05, 4.69) is 22.5 Å². The van der Waals surface area contributed by atoms with Gasteiger partial charge in [-0.05, 0) is 6.92 Å². The van der Waals surface area contributed by atoms with Crippen molar-refractivity contribution in [2.24, 2.45) is 5.92 Å². The second-order valence-electron chi connectivity index (χ2n) is 2.24. The topological polar surface area (TPSA) is 46.5 Å². The summed E-state index contributed by atoms with van der Waals surface area (Å²) in [5, 5.41) is 9.63. The summed E-state index contributed by atoms with van der Waals surface area (Å²) < 4.78 is 4.73. The number of ether oxygens (including phenoxy) is 1. The third-order valence-electron chi connectivity index (χ3n) is 1.39. The van der Waals surface area contributed by atoms with E-state index in [-0.39, 0.29) is 0 Å². The van der Waals surface area contributed by atoms with Gasteiger partial charge >= 0.3 is 5.97 Å². The second-order valence-corrected chi connectivity index (χ2v) is 2.88. The number of hydrogen-bond donors (Lipinski definition) is 1. The number of carbonyl (C=O) groups is 1. The van der Waals surface area contributed by atoms with E-state index in [1.165, 1.54) is 6.08 Å². The molecule has 12 heavy (non-hydrogen) atoms. The fourth-order valence-electron chi connectivity index (χ4n) is 0.745. The first-order chi connectivity index (χ1) is 5.67. The lowest BCUT2D eigenvalue weighted by atomic mass is 10.1. The normalized spacial score (nSPS) is 14.9. The van der Waals surface area contributed by atoms with Crippen LogP contribution in [-0.4, -0.2) is 29.1 Å². The van der Waals surface area contributed by atoms with E-state index in [0.717, 1.165) is 0 Å². The minimum Gasteiger partial charge on any atom is -0.465 e. The quantitative estimate of drug-likeness (QED) is 0.442. The Hall–Kier alpha value is -0.350. The van der Waals surface area contributed by atoms with E-state index in [4.69, 9.17) is 4.74 Å². The Balaban J connectivity index is 4.13. The van der Waals surface area contributed by atoms with Gasteiger partial charge in [-0.25, -0.2) is 0 Å². The summed E-state index contributed by atoms with van der Waals surface area (Å²) in [4.78, 5) is 11.1. The van der Waals surface area contributed by atoms with Crippen molar-refractivity contribution < 1.29 is 14.6 Å². The minimum atomic E-state index is -0.762. The first-order valence-electron chi connectivity index (χ1n) is 3.70. The van der Waals surface area contributed by atoms with Crippen LogP contribution in [0.25, 0.3) is 0 Å². The molecule has 70 valence electrons. The van der Waals surface area contributed by atoms with Crippen molar-refractivity contribution in [3.8, 4) is 0 Å². The maximum Gasteiger partial charge on any atom is 0.315 e. The number of alkyl halides is 1. The summed E-state index contributed by atoms with van der Waals surface area (Å²) in [6.07, 6.45) is 0.630. The zero-order valence-electron chi connectivity index (χ0n) is 7.00. The van der Waals surface area contributed by atoms with Gasteiger partial charge in [-0.15, -0.1) is 6.58 Å². The van der Waals surface area contributed by atoms with Crippen LogP contribution in [0.2, 0.25) is 0 Å². The molecule has 0 fully saturated rings. The zero-order valence-corrected chi connectivity index (χ0v) is 8.58. The smallest absolute Gasteiger partial charge is 0.315 e. The molecule has 0 aliphatic rings. The van der Waals surface area contributed by atoms with Crippen LogP contribution < -0.4 is 0 Å². The summed E-state index contributed by atoms with van der Waals surface area (Å²) in [6, 6.07) is 0. The number of aliphatic hydroxyl groups is 1. The van der Waals surface area contributed by atoms with Crippen LogP contribution in [0.1, 0.15) is 6.92 Å². The summed E-state index contributed by atoms with van der Waals surface area (Å²) in [5.41, 5.74) is 0. The molecule has 0 aliphatic heterocycles. The Kier molecular flexibility index (Phi) is 6.02. The fraction of sp³-hybridized carbons (Fsp3) is 0.625. The van der Waals surface area contributed by atoms with Crippen LogP contribution >= 0.6 is 15.9 Å². The van der Waals surface area contributed by atoms with Crippen LogP contribution in [0.4, 0.5) is 0 Å². The highest BCUT2D eigenvalue weighted by Gasteiger charge is 2.23. The minimum absolute atomic E-state index is 0.318. The Morgan fingerprint density at radius 3 is 2.75 bits per heavy atom. The summed E-state index contributed by atoms with van der Waals surface area (Å²) in [7, 11) is 0. The molecule has 0 unspecified atom stereocenters.